The van der Waals surface area contributed by atoms with Crippen molar-refractivity contribution in [1.29, 1.82) is 0 Å². The zero-order chi connectivity index (χ0) is 20.3. The number of para-hydroxylation sites is 1. The summed E-state index contributed by atoms with van der Waals surface area (Å²) in [5.74, 6) is 1.46. The predicted octanol–water partition coefficient (Wildman–Crippen LogP) is 2.38. The molecule has 3 aromatic heterocycles. The van der Waals surface area contributed by atoms with Crippen LogP contribution in [0.3, 0.4) is 0 Å². The zero-order valence-corrected chi connectivity index (χ0v) is 16.9. The maximum Gasteiger partial charge on any atom is 0.187 e. The fourth-order valence-electron chi connectivity index (χ4n) is 3.80. The van der Waals surface area contributed by atoms with Crippen molar-refractivity contribution >= 4 is 22.2 Å². The topological polar surface area (TPSA) is 76.8 Å². The van der Waals surface area contributed by atoms with E-state index in [2.05, 4.69) is 44.7 Å². The van der Waals surface area contributed by atoms with Gasteiger partial charge in [-0.1, -0.05) is 18.2 Å². The summed E-state index contributed by atoms with van der Waals surface area (Å²) in [7, 11) is 1.65. The minimum Gasteiger partial charge on any atom is -0.491 e. The quantitative estimate of drug-likeness (QED) is 0.495. The summed E-state index contributed by atoms with van der Waals surface area (Å²) in [6.07, 6.45) is 1.92. The summed E-state index contributed by atoms with van der Waals surface area (Å²) in [6, 6.07) is 14.2. The first kappa shape index (κ1) is 18.8. The molecule has 4 heterocycles. The van der Waals surface area contributed by atoms with E-state index in [0.29, 0.717) is 19.0 Å². The maximum absolute atomic E-state index is 5.68. The first-order chi connectivity index (χ1) is 14.8. The number of methoxy groups -OCH3 is 1. The molecule has 1 aromatic carbocycles. The summed E-state index contributed by atoms with van der Waals surface area (Å²) in [6.45, 7) is 4.96. The van der Waals surface area contributed by atoms with Gasteiger partial charge in [0.25, 0.3) is 0 Å². The molecule has 4 aromatic rings. The molecule has 0 bridgehead atoms. The Balaban J connectivity index is 1.52. The Hall–Kier alpha value is -3.23. The van der Waals surface area contributed by atoms with Crippen LogP contribution in [-0.4, -0.2) is 66.1 Å². The van der Waals surface area contributed by atoms with E-state index in [9.17, 15) is 0 Å². The van der Waals surface area contributed by atoms with Gasteiger partial charge < -0.3 is 19.7 Å². The highest BCUT2D eigenvalue weighted by Gasteiger charge is 2.16. The minimum atomic E-state index is 0.495. The average molecular weight is 404 g/mol. The highest BCUT2D eigenvalue weighted by Crippen LogP contribution is 2.28. The van der Waals surface area contributed by atoms with Gasteiger partial charge in [-0.05, 0) is 18.2 Å². The molecule has 1 aliphatic rings. The van der Waals surface area contributed by atoms with Gasteiger partial charge in [0, 0.05) is 50.9 Å². The van der Waals surface area contributed by atoms with Crippen molar-refractivity contribution in [2.24, 2.45) is 0 Å². The van der Waals surface area contributed by atoms with Gasteiger partial charge in [0.2, 0.25) is 0 Å². The van der Waals surface area contributed by atoms with Gasteiger partial charge in [-0.3, -0.25) is 4.40 Å². The largest absolute Gasteiger partial charge is 0.491 e. The van der Waals surface area contributed by atoms with Crippen LogP contribution >= 0.6 is 0 Å². The molecule has 30 heavy (non-hydrogen) atoms. The van der Waals surface area contributed by atoms with Crippen LogP contribution < -0.4 is 15.0 Å². The molecule has 0 atom stereocenters. The number of hydrogen-bond donors (Lipinski definition) is 1. The smallest absolute Gasteiger partial charge is 0.187 e. The van der Waals surface area contributed by atoms with Gasteiger partial charge in [-0.25, -0.2) is 4.98 Å². The van der Waals surface area contributed by atoms with Crippen LogP contribution in [0, 0.1) is 0 Å². The molecule has 154 valence electrons. The summed E-state index contributed by atoms with van der Waals surface area (Å²) >= 11 is 0. The Bertz CT molecular complexity index is 1170. The van der Waals surface area contributed by atoms with E-state index < -0.39 is 0 Å². The number of anilines is 1. The molecular weight excluding hydrogens is 380 g/mol. The molecule has 0 unspecified atom stereocenters. The van der Waals surface area contributed by atoms with Crippen molar-refractivity contribution in [3.63, 3.8) is 0 Å². The number of fused-ring (bicyclic) bond motifs is 2. The Morgan fingerprint density at radius 3 is 2.80 bits per heavy atom. The highest BCUT2D eigenvalue weighted by atomic mass is 16.5. The molecule has 0 amide bonds. The minimum absolute atomic E-state index is 0.495. The summed E-state index contributed by atoms with van der Waals surface area (Å²) < 4.78 is 12.6. The SMILES string of the molecule is COCCOc1ccn2c(-c3ccc4cccc(N5CCNCC5)c4n3)nnc2c1. The number of pyridine rings is 2. The second kappa shape index (κ2) is 8.25. The Morgan fingerprint density at radius 2 is 1.93 bits per heavy atom. The van der Waals surface area contributed by atoms with E-state index >= 15 is 0 Å². The number of aromatic nitrogens is 4. The number of nitrogens with zero attached hydrogens (tertiary/aromatic N) is 5. The van der Waals surface area contributed by atoms with E-state index in [-0.39, 0.29) is 0 Å². The number of rotatable bonds is 6. The van der Waals surface area contributed by atoms with Crippen molar-refractivity contribution in [2.75, 3.05) is 51.4 Å². The van der Waals surface area contributed by atoms with Crippen molar-refractivity contribution < 1.29 is 9.47 Å². The standard InChI is InChI=1S/C22H24N6O2/c1-29-13-14-30-17-7-10-28-20(15-17)25-26-22(28)18-6-5-16-3-2-4-19(21(16)24-18)27-11-8-23-9-12-27/h2-7,10,15,23H,8-9,11-14H2,1H3. The fourth-order valence-corrected chi connectivity index (χ4v) is 3.80. The average Bonchev–Trinajstić information content (AvgIpc) is 3.22. The molecule has 5 rings (SSSR count). The van der Waals surface area contributed by atoms with Crippen LogP contribution in [0.25, 0.3) is 28.1 Å². The normalized spacial score (nSPS) is 14.5. The van der Waals surface area contributed by atoms with Crippen molar-refractivity contribution in [1.82, 2.24) is 24.9 Å². The summed E-state index contributed by atoms with van der Waals surface area (Å²) in [5, 5.41) is 13.2. The lowest BCUT2D eigenvalue weighted by Crippen LogP contribution is -2.43. The van der Waals surface area contributed by atoms with Crippen molar-refractivity contribution in [3.05, 3.63) is 48.7 Å². The van der Waals surface area contributed by atoms with E-state index in [0.717, 1.165) is 54.2 Å². The van der Waals surface area contributed by atoms with Crippen LogP contribution in [-0.2, 0) is 4.74 Å². The van der Waals surface area contributed by atoms with Gasteiger partial charge in [0.05, 0.1) is 17.8 Å². The van der Waals surface area contributed by atoms with Crippen molar-refractivity contribution in [3.8, 4) is 17.3 Å². The Kier molecular flexibility index (Phi) is 5.17. The van der Waals surface area contributed by atoms with Crippen LogP contribution in [0.2, 0.25) is 0 Å². The number of nitrogens with one attached hydrogen (secondary N) is 1. The van der Waals surface area contributed by atoms with E-state index in [1.54, 1.807) is 7.11 Å². The molecule has 8 nitrogen and oxygen atoms in total. The number of piperazine rings is 1. The molecule has 0 saturated carbocycles. The second-order valence-corrected chi connectivity index (χ2v) is 7.24. The lowest BCUT2D eigenvalue weighted by Gasteiger charge is -2.30. The summed E-state index contributed by atoms with van der Waals surface area (Å²) in [4.78, 5) is 7.38. The molecule has 1 fully saturated rings. The van der Waals surface area contributed by atoms with E-state index in [1.165, 1.54) is 5.69 Å². The zero-order valence-electron chi connectivity index (χ0n) is 16.9. The molecule has 1 saturated heterocycles. The third-order valence-electron chi connectivity index (χ3n) is 5.32. The highest BCUT2D eigenvalue weighted by molar-refractivity contribution is 5.92. The Labute approximate surface area is 174 Å². The molecule has 0 spiro atoms. The molecule has 1 aliphatic heterocycles. The van der Waals surface area contributed by atoms with E-state index in [4.69, 9.17) is 14.5 Å². The summed E-state index contributed by atoms with van der Waals surface area (Å²) in [5.41, 5.74) is 3.68. The molecule has 0 aliphatic carbocycles. The first-order valence-electron chi connectivity index (χ1n) is 10.2. The van der Waals surface area contributed by atoms with Gasteiger partial charge >= 0.3 is 0 Å². The third-order valence-corrected chi connectivity index (χ3v) is 5.32. The first-order valence-corrected chi connectivity index (χ1v) is 10.2. The maximum atomic E-state index is 5.68. The molecule has 1 N–H and O–H groups in total. The lowest BCUT2D eigenvalue weighted by atomic mass is 10.1. The van der Waals surface area contributed by atoms with Gasteiger partial charge in [0.15, 0.2) is 11.5 Å². The monoisotopic (exact) mass is 404 g/mol. The fraction of sp³-hybridized carbons (Fsp3) is 0.318. The van der Waals surface area contributed by atoms with Crippen LogP contribution in [0.4, 0.5) is 5.69 Å². The van der Waals surface area contributed by atoms with Crippen LogP contribution in [0.1, 0.15) is 0 Å². The van der Waals surface area contributed by atoms with Crippen LogP contribution in [0.15, 0.2) is 48.7 Å². The molecular formula is C22H24N6O2. The van der Waals surface area contributed by atoms with Crippen molar-refractivity contribution in [2.45, 2.75) is 0 Å². The van der Waals surface area contributed by atoms with Gasteiger partial charge in [-0.2, -0.15) is 0 Å². The number of benzene rings is 1. The predicted molar refractivity (Wildman–Crippen MR) is 116 cm³/mol. The van der Waals surface area contributed by atoms with Gasteiger partial charge in [0.1, 0.15) is 18.1 Å². The third kappa shape index (κ3) is 3.55. The van der Waals surface area contributed by atoms with Gasteiger partial charge in [-0.15, -0.1) is 10.2 Å². The van der Waals surface area contributed by atoms with Crippen LogP contribution in [0.5, 0.6) is 5.75 Å². The lowest BCUT2D eigenvalue weighted by molar-refractivity contribution is 0.146. The molecule has 0 radical (unpaired) electrons. The van der Waals surface area contributed by atoms with E-state index in [1.807, 2.05) is 28.8 Å². The number of hydrogen-bond acceptors (Lipinski definition) is 7. The number of ether oxygens (including phenoxy) is 2. The second-order valence-electron chi connectivity index (χ2n) is 7.24. The molecule has 8 heteroatoms. The Morgan fingerprint density at radius 1 is 1.03 bits per heavy atom.